The van der Waals surface area contributed by atoms with Crippen LogP contribution in [-0.4, -0.2) is 76.2 Å². The second-order valence-corrected chi connectivity index (χ2v) is 17.4. The van der Waals surface area contributed by atoms with E-state index >= 15 is 0 Å². The van der Waals surface area contributed by atoms with Gasteiger partial charge < -0.3 is 14.5 Å². The molecule has 65 heavy (non-hydrogen) atoms. The van der Waals surface area contributed by atoms with E-state index in [1.165, 1.54) is 33.7 Å². The van der Waals surface area contributed by atoms with Gasteiger partial charge in [-0.2, -0.15) is 19.6 Å². The maximum Gasteiger partial charge on any atom is 0.412 e. The van der Waals surface area contributed by atoms with E-state index < -0.39 is 11.7 Å². The number of benzene rings is 2. The summed E-state index contributed by atoms with van der Waals surface area (Å²) in [7, 11) is 0. The van der Waals surface area contributed by atoms with E-state index in [0.29, 0.717) is 22.8 Å². The van der Waals surface area contributed by atoms with Gasteiger partial charge in [-0.1, -0.05) is 18.2 Å². The van der Waals surface area contributed by atoms with Gasteiger partial charge in [0.1, 0.15) is 11.4 Å². The van der Waals surface area contributed by atoms with Gasteiger partial charge in [-0.05, 0) is 138 Å². The van der Waals surface area contributed by atoms with Crippen molar-refractivity contribution in [3.63, 3.8) is 0 Å². The monoisotopic (exact) mass is 875 g/mol. The molecule has 2 saturated heterocycles. The molecule has 0 unspecified atom stereocenters. The molecular weight excluding hydrogens is 826 g/mol. The summed E-state index contributed by atoms with van der Waals surface area (Å²) < 4.78 is 25.5. The fourth-order valence-corrected chi connectivity index (χ4v) is 8.59. The lowest BCUT2D eigenvalue weighted by molar-refractivity contribution is 0.0636. The molecule has 1 N–H and O–H groups in total. The quantitative estimate of drug-likeness (QED) is 0.166. The van der Waals surface area contributed by atoms with Gasteiger partial charge in [0.05, 0.1) is 35.3 Å². The molecule has 0 bridgehead atoms. The summed E-state index contributed by atoms with van der Waals surface area (Å²) in [6.07, 6.45) is 8.22. The fourth-order valence-electron chi connectivity index (χ4n) is 8.59. The summed E-state index contributed by atoms with van der Waals surface area (Å²) in [6.45, 7) is 17.2. The summed E-state index contributed by atoms with van der Waals surface area (Å²) in [4.78, 5) is 51.8. The standard InChI is InChI=1S/C27H30N6O3.C22H20FN5O/c1-17-22-16-29-33(23-11-10-20(15-28-23)30-25(34)36-27(3,4)5)26(35)32(22)18(2)24(17)19-8-6-9-21(14-19)31-12-7-13-31;1-14-19-13-25-28(20-6-3-4-7-24-20)22(29)27(19)15(2)21(14)16-10-17(23)12-18(11-16)26-8-5-9-26/h6,8-11,14-16H,7,12-13H2,1-5H3,(H,30,34);3-4,6-7,10-13H,5,8-9H2,1-2H3. The highest BCUT2D eigenvalue weighted by atomic mass is 19.1. The van der Waals surface area contributed by atoms with E-state index in [9.17, 15) is 18.8 Å². The maximum absolute atomic E-state index is 14.4. The number of anilines is 3. The topological polar surface area (TPSA) is 149 Å². The zero-order valence-electron chi connectivity index (χ0n) is 37.5. The molecular formula is C49H50FN11O4. The number of amides is 1. The molecule has 6 aromatic heterocycles. The van der Waals surface area contributed by atoms with E-state index in [1.807, 2.05) is 39.8 Å². The summed E-state index contributed by atoms with van der Waals surface area (Å²) >= 11 is 0. The van der Waals surface area contributed by atoms with Crippen LogP contribution in [0.3, 0.4) is 0 Å². The number of carbonyl (C=O) groups excluding carboxylic acids is 1. The number of nitrogens with zero attached hydrogens (tertiary/aromatic N) is 10. The number of aromatic nitrogens is 8. The second kappa shape index (κ2) is 16.8. The fraction of sp³-hybridized carbons (Fsp3) is 0.286. The van der Waals surface area contributed by atoms with Crippen molar-refractivity contribution in [2.24, 2.45) is 0 Å². The minimum atomic E-state index is -0.605. The van der Waals surface area contributed by atoms with Gasteiger partial charge in [0, 0.05) is 66.3 Å². The third-order valence-electron chi connectivity index (χ3n) is 12.0. The first-order chi connectivity index (χ1) is 31.2. The number of hydrogen-bond acceptors (Lipinski definition) is 10. The Morgan fingerprint density at radius 2 is 1.25 bits per heavy atom. The van der Waals surface area contributed by atoms with E-state index in [2.05, 4.69) is 59.5 Å². The minimum Gasteiger partial charge on any atom is -0.444 e. The average molecular weight is 876 g/mol. The van der Waals surface area contributed by atoms with Crippen LogP contribution in [0.1, 0.15) is 56.1 Å². The largest absolute Gasteiger partial charge is 0.444 e. The number of nitrogens with one attached hydrogen (secondary N) is 1. The molecule has 0 radical (unpaired) electrons. The Labute approximate surface area is 374 Å². The summed E-state index contributed by atoms with van der Waals surface area (Å²) in [5.74, 6) is 0.531. The lowest BCUT2D eigenvalue weighted by Gasteiger charge is -2.33. The van der Waals surface area contributed by atoms with E-state index in [0.717, 1.165) is 88.6 Å². The number of halogens is 1. The van der Waals surface area contributed by atoms with E-state index in [4.69, 9.17) is 4.74 Å². The summed E-state index contributed by atoms with van der Waals surface area (Å²) in [5, 5.41) is 11.3. The number of rotatable bonds is 7. The Kier molecular flexibility index (Phi) is 11.0. The molecule has 2 aliphatic heterocycles. The van der Waals surface area contributed by atoms with Crippen molar-refractivity contribution in [2.75, 3.05) is 41.3 Å². The normalized spacial score (nSPS) is 13.6. The van der Waals surface area contributed by atoms with Crippen molar-refractivity contribution >= 4 is 34.2 Å². The smallest absolute Gasteiger partial charge is 0.412 e. The molecule has 1 amide bonds. The highest BCUT2D eigenvalue weighted by Gasteiger charge is 2.23. The van der Waals surface area contributed by atoms with Crippen LogP contribution in [0.4, 0.5) is 26.2 Å². The summed E-state index contributed by atoms with van der Waals surface area (Å²) in [5.41, 5.74) is 10.1. The zero-order valence-corrected chi connectivity index (χ0v) is 37.5. The Balaban J connectivity index is 0.000000168. The van der Waals surface area contributed by atoms with Gasteiger partial charge in [-0.25, -0.2) is 28.7 Å². The maximum atomic E-state index is 14.4. The Hall–Kier alpha value is -7.62. The van der Waals surface area contributed by atoms with Gasteiger partial charge >= 0.3 is 17.5 Å². The van der Waals surface area contributed by atoms with Crippen molar-refractivity contribution in [1.29, 1.82) is 0 Å². The molecule has 8 aromatic rings. The van der Waals surface area contributed by atoms with Crippen molar-refractivity contribution in [2.45, 2.75) is 66.9 Å². The van der Waals surface area contributed by atoms with Crippen LogP contribution in [0.25, 0.3) is 44.9 Å². The van der Waals surface area contributed by atoms with Crippen LogP contribution >= 0.6 is 0 Å². The number of fused-ring (bicyclic) bond motifs is 2. The van der Waals surface area contributed by atoms with Gasteiger partial charge in [-0.15, -0.1) is 0 Å². The molecule has 15 nitrogen and oxygen atoms in total. The van der Waals surface area contributed by atoms with Crippen LogP contribution in [-0.2, 0) is 4.74 Å². The molecule has 2 fully saturated rings. The zero-order chi connectivity index (χ0) is 45.7. The SMILES string of the molecule is Cc1c(-c2cc(F)cc(N3CCC3)c2)c(C)n2c(=O)n(-c3ccccn3)ncc12.Cc1c(-c2cccc(N3CCC3)c2)c(C)n2c(=O)n(-c3ccc(NC(=O)OC(C)(C)C)cn3)ncc12. The summed E-state index contributed by atoms with van der Waals surface area (Å²) in [6, 6.07) is 22.2. The highest BCUT2D eigenvalue weighted by molar-refractivity contribution is 5.85. The van der Waals surface area contributed by atoms with Gasteiger partial charge in [-0.3, -0.25) is 14.1 Å². The molecule has 2 aromatic carbocycles. The van der Waals surface area contributed by atoms with Crippen molar-refractivity contribution < 1.29 is 13.9 Å². The van der Waals surface area contributed by atoms with Gasteiger partial charge in [0.15, 0.2) is 11.6 Å². The highest BCUT2D eigenvalue weighted by Crippen LogP contribution is 2.36. The van der Waals surface area contributed by atoms with E-state index in [1.54, 1.807) is 78.5 Å². The van der Waals surface area contributed by atoms with E-state index in [-0.39, 0.29) is 17.2 Å². The lowest BCUT2D eigenvalue weighted by Crippen LogP contribution is -2.37. The van der Waals surface area contributed by atoms with Crippen molar-refractivity contribution in [3.05, 3.63) is 147 Å². The van der Waals surface area contributed by atoms with Gasteiger partial charge in [0.25, 0.3) is 0 Å². The van der Waals surface area contributed by atoms with Crippen molar-refractivity contribution in [1.82, 2.24) is 38.3 Å². The van der Waals surface area contributed by atoms with Gasteiger partial charge in [0.2, 0.25) is 0 Å². The molecule has 10 rings (SSSR count). The molecule has 0 spiro atoms. The number of carbonyl (C=O) groups is 1. The molecule has 0 aliphatic carbocycles. The van der Waals surface area contributed by atoms with Crippen LogP contribution in [0.2, 0.25) is 0 Å². The number of hydrogen-bond donors (Lipinski definition) is 1. The molecule has 332 valence electrons. The van der Waals surface area contributed by atoms with Crippen molar-refractivity contribution in [3.8, 4) is 33.9 Å². The van der Waals surface area contributed by atoms with Crippen LogP contribution in [0.5, 0.6) is 0 Å². The molecule has 0 saturated carbocycles. The molecule has 0 atom stereocenters. The first-order valence-corrected chi connectivity index (χ1v) is 21.7. The molecule has 16 heteroatoms. The first-order valence-electron chi connectivity index (χ1n) is 21.7. The Morgan fingerprint density at radius 1 is 0.662 bits per heavy atom. The molecule has 8 heterocycles. The molecule has 2 aliphatic rings. The predicted octanol–water partition coefficient (Wildman–Crippen LogP) is 8.23. The first kappa shape index (κ1) is 42.7. The number of aryl methyl sites for hydroxylation is 4. The third kappa shape index (κ3) is 8.11. The third-order valence-corrected chi connectivity index (χ3v) is 12.0. The van der Waals surface area contributed by atoms with Crippen LogP contribution < -0.4 is 26.5 Å². The predicted molar refractivity (Wildman–Crippen MR) is 250 cm³/mol. The number of ether oxygens (including phenoxy) is 1. The van der Waals surface area contributed by atoms with Crippen LogP contribution in [0.15, 0.2) is 107 Å². The Morgan fingerprint density at radius 3 is 1.78 bits per heavy atom. The lowest BCUT2D eigenvalue weighted by atomic mass is 10.00. The minimum absolute atomic E-state index is 0.275. The average Bonchev–Trinajstić information content (AvgIpc) is 3.64. The Bertz CT molecular complexity index is 3230. The van der Waals surface area contributed by atoms with Crippen LogP contribution in [0, 0.1) is 33.5 Å². The second-order valence-electron chi connectivity index (χ2n) is 17.4. The number of pyridine rings is 2.